The predicted octanol–water partition coefficient (Wildman–Crippen LogP) is 6.38. The van der Waals surface area contributed by atoms with Crippen LogP contribution in [0.3, 0.4) is 0 Å². The van der Waals surface area contributed by atoms with E-state index in [0.29, 0.717) is 6.61 Å². The lowest BCUT2D eigenvalue weighted by Gasteiger charge is -2.05. The van der Waals surface area contributed by atoms with E-state index in [2.05, 4.69) is 19.1 Å². The van der Waals surface area contributed by atoms with Gasteiger partial charge in [0.2, 0.25) is 0 Å². The maximum absolute atomic E-state index is 8.95. The molecule has 0 saturated carbocycles. The molecule has 0 aromatic carbocycles. The average molecular weight is 313 g/mol. The summed E-state index contributed by atoms with van der Waals surface area (Å²) in [6, 6.07) is 0. The van der Waals surface area contributed by atoms with Crippen LogP contribution < -0.4 is 0 Å². The molecule has 0 saturated heterocycles. The highest BCUT2D eigenvalue weighted by molar-refractivity contribution is 4.81. The number of hydrogen-bond acceptors (Lipinski definition) is 2. The largest absolute Gasteiger partial charge is 0.368 e. The lowest BCUT2D eigenvalue weighted by molar-refractivity contribution is -0.0859. The molecule has 0 radical (unpaired) electrons. The van der Waals surface area contributed by atoms with Crippen molar-refractivity contribution in [2.45, 2.75) is 110 Å². The van der Waals surface area contributed by atoms with Gasteiger partial charge < -0.3 is 9.84 Å². The van der Waals surface area contributed by atoms with Gasteiger partial charge in [0.25, 0.3) is 0 Å². The summed E-state index contributed by atoms with van der Waals surface area (Å²) < 4.78 is 5.11. The van der Waals surface area contributed by atoms with Crippen molar-refractivity contribution in [1.29, 1.82) is 0 Å². The van der Waals surface area contributed by atoms with Crippen molar-refractivity contribution in [1.82, 2.24) is 0 Å². The van der Waals surface area contributed by atoms with Gasteiger partial charge in [0.05, 0.1) is 0 Å². The third kappa shape index (κ3) is 19.7. The lowest BCUT2D eigenvalue weighted by Crippen LogP contribution is -2.06. The summed E-state index contributed by atoms with van der Waals surface area (Å²) in [6.07, 6.45) is 22.6. The van der Waals surface area contributed by atoms with Gasteiger partial charge in [-0.3, -0.25) is 0 Å². The second kappa shape index (κ2) is 18.7. The standard InChI is InChI=1S/C20H40O2/c1-3-4-5-6-7-8-9-10-11-12-13-14-15-16-17-18-19-22-20(2)21/h10-11,20-21H,3-9,12-19H2,1-2H3/b11-10-. The summed E-state index contributed by atoms with van der Waals surface area (Å²) in [7, 11) is 0. The second-order valence-electron chi connectivity index (χ2n) is 6.41. The van der Waals surface area contributed by atoms with Crippen LogP contribution in [-0.4, -0.2) is 18.0 Å². The maximum atomic E-state index is 8.95. The van der Waals surface area contributed by atoms with E-state index in [9.17, 15) is 0 Å². The van der Waals surface area contributed by atoms with E-state index in [1.54, 1.807) is 6.92 Å². The minimum atomic E-state index is -0.608. The van der Waals surface area contributed by atoms with Gasteiger partial charge in [-0.1, -0.05) is 76.9 Å². The Morgan fingerprint density at radius 3 is 1.68 bits per heavy atom. The first-order chi connectivity index (χ1) is 10.8. The molecule has 0 heterocycles. The summed E-state index contributed by atoms with van der Waals surface area (Å²) >= 11 is 0. The van der Waals surface area contributed by atoms with E-state index in [4.69, 9.17) is 9.84 Å². The Morgan fingerprint density at radius 2 is 1.18 bits per heavy atom. The zero-order valence-electron chi connectivity index (χ0n) is 15.2. The van der Waals surface area contributed by atoms with Crippen molar-refractivity contribution >= 4 is 0 Å². The topological polar surface area (TPSA) is 29.5 Å². The number of hydrogen-bond donors (Lipinski definition) is 1. The zero-order valence-corrected chi connectivity index (χ0v) is 15.2. The van der Waals surface area contributed by atoms with E-state index in [1.807, 2.05) is 0 Å². The summed E-state index contributed by atoms with van der Waals surface area (Å²) in [5.41, 5.74) is 0. The lowest BCUT2D eigenvalue weighted by atomic mass is 10.1. The first-order valence-corrected chi connectivity index (χ1v) is 9.72. The third-order valence-corrected chi connectivity index (χ3v) is 4.02. The molecule has 0 amide bonds. The van der Waals surface area contributed by atoms with Crippen LogP contribution in [-0.2, 0) is 4.74 Å². The van der Waals surface area contributed by atoms with Crippen molar-refractivity contribution in [3.05, 3.63) is 12.2 Å². The van der Waals surface area contributed by atoms with Gasteiger partial charge in [-0.05, 0) is 39.0 Å². The van der Waals surface area contributed by atoms with Crippen LogP contribution in [0.4, 0.5) is 0 Å². The molecule has 0 bridgehead atoms. The second-order valence-corrected chi connectivity index (χ2v) is 6.41. The van der Waals surface area contributed by atoms with Crippen LogP contribution in [0.25, 0.3) is 0 Å². The van der Waals surface area contributed by atoms with Crippen molar-refractivity contribution in [3.63, 3.8) is 0 Å². The monoisotopic (exact) mass is 312 g/mol. The van der Waals surface area contributed by atoms with E-state index in [-0.39, 0.29) is 0 Å². The molecular weight excluding hydrogens is 272 g/mol. The van der Waals surface area contributed by atoms with Crippen molar-refractivity contribution < 1.29 is 9.84 Å². The summed E-state index contributed by atoms with van der Waals surface area (Å²) in [6.45, 7) is 4.63. The van der Waals surface area contributed by atoms with Crippen LogP contribution in [0.15, 0.2) is 12.2 Å². The first-order valence-electron chi connectivity index (χ1n) is 9.72. The minimum Gasteiger partial charge on any atom is -0.368 e. The van der Waals surface area contributed by atoms with E-state index < -0.39 is 6.29 Å². The van der Waals surface area contributed by atoms with Crippen molar-refractivity contribution in [2.24, 2.45) is 0 Å². The number of allylic oxidation sites excluding steroid dienone is 2. The fraction of sp³-hybridized carbons (Fsp3) is 0.900. The van der Waals surface area contributed by atoms with Gasteiger partial charge >= 0.3 is 0 Å². The molecule has 0 aliphatic rings. The number of rotatable bonds is 17. The smallest absolute Gasteiger partial charge is 0.151 e. The number of aliphatic hydroxyl groups excluding tert-OH is 1. The first kappa shape index (κ1) is 21.7. The molecule has 0 spiro atoms. The minimum absolute atomic E-state index is 0.608. The van der Waals surface area contributed by atoms with E-state index in [0.717, 1.165) is 6.42 Å². The zero-order chi connectivity index (χ0) is 16.3. The number of aliphatic hydroxyl groups is 1. The fourth-order valence-corrected chi connectivity index (χ4v) is 2.60. The Hall–Kier alpha value is -0.340. The Bertz CT molecular complexity index is 224. The Labute approximate surface area is 139 Å². The van der Waals surface area contributed by atoms with E-state index in [1.165, 1.54) is 83.5 Å². The molecule has 22 heavy (non-hydrogen) atoms. The van der Waals surface area contributed by atoms with Crippen LogP contribution >= 0.6 is 0 Å². The molecule has 1 atom stereocenters. The molecule has 0 rings (SSSR count). The number of ether oxygens (including phenoxy) is 1. The number of unbranched alkanes of at least 4 members (excludes halogenated alkanes) is 12. The van der Waals surface area contributed by atoms with Gasteiger partial charge in [0.15, 0.2) is 6.29 Å². The molecular formula is C20H40O2. The van der Waals surface area contributed by atoms with Gasteiger partial charge in [-0.25, -0.2) is 0 Å². The molecule has 0 aromatic rings. The van der Waals surface area contributed by atoms with Gasteiger partial charge in [-0.15, -0.1) is 0 Å². The van der Waals surface area contributed by atoms with Gasteiger partial charge in [0.1, 0.15) is 0 Å². The molecule has 1 N–H and O–H groups in total. The van der Waals surface area contributed by atoms with Gasteiger partial charge in [0, 0.05) is 6.61 Å². The molecule has 2 nitrogen and oxygen atoms in total. The molecule has 0 aliphatic heterocycles. The summed E-state index contributed by atoms with van der Waals surface area (Å²) in [4.78, 5) is 0. The Kier molecular flexibility index (Phi) is 18.4. The van der Waals surface area contributed by atoms with Crippen LogP contribution in [0.5, 0.6) is 0 Å². The van der Waals surface area contributed by atoms with E-state index >= 15 is 0 Å². The predicted molar refractivity (Wildman–Crippen MR) is 97.1 cm³/mol. The molecule has 0 aliphatic carbocycles. The third-order valence-electron chi connectivity index (χ3n) is 4.02. The highest BCUT2D eigenvalue weighted by Gasteiger charge is 1.95. The van der Waals surface area contributed by atoms with Crippen molar-refractivity contribution in [2.75, 3.05) is 6.61 Å². The van der Waals surface area contributed by atoms with Crippen LogP contribution in [0, 0.1) is 0 Å². The Balaban J connectivity index is 3.05. The molecule has 0 fully saturated rings. The Morgan fingerprint density at radius 1 is 0.727 bits per heavy atom. The average Bonchev–Trinajstić information content (AvgIpc) is 2.50. The summed E-state index contributed by atoms with van der Waals surface area (Å²) in [5, 5.41) is 8.95. The normalized spacial score (nSPS) is 13.0. The highest BCUT2D eigenvalue weighted by Crippen LogP contribution is 2.10. The quantitative estimate of drug-likeness (QED) is 0.192. The molecule has 132 valence electrons. The maximum Gasteiger partial charge on any atom is 0.151 e. The SMILES string of the molecule is CCCCCCCC/C=C\CCCCCCCCOC(C)O. The van der Waals surface area contributed by atoms with Crippen LogP contribution in [0.2, 0.25) is 0 Å². The molecule has 1 unspecified atom stereocenters. The van der Waals surface area contributed by atoms with Crippen molar-refractivity contribution in [3.8, 4) is 0 Å². The highest BCUT2D eigenvalue weighted by atomic mass is 16.6. The fourth-order valence-electron chi connectivity index (χ4n) is 2.60. The van der Waals surface area contributed by atoms with Gasteiger partial charge in [-0.2, -0.15) is 0 Å². The van der Waals surface area contributed by atoms with Crippen LogP contribution in [0.1, 0.15) is 104 Å². The molecule has 2 heteroatoms. The summed E-state index contributed by atoms with van der Waals surface area (Å²) in [5.74, 6) is 0. The molecule has 0 aromatic heterocycles.